The molecule has 0 radical (unpaired) electrons. The van der Waals surface area contributed by atoms with Crippen molar-refractivity contribution in [3.8, 4) is 0 Å². The fourth-order valence-corrected chi connectivity index (χ4v) is 6.85. The molecule has 220 valence electrons. The van der Waals surface area contributed by atoms with Gasteiger partial charge < -0.3 is 11.5 Å². The van der Waals surface area contributed by atoms with E-state index in [0.29, 0.717) is 16.9 Å². The first-order valence-electron chi connectivity index (χ1n) is 14.4. The monoisotopic (exact) mass is 590 g/mol. The number of nitrogen functional groups attached to an aromatic ring is 2. The van der Waals surface area contributed by atoms with Crippen molar-refractivity contribution in [2.75, 3.05) is 11.5 Å². The highest BCUT2D eigenvalue weighted by molar-refractivity contribution is 7.85. The summed E-state index contributed by atoms with van der Waals surface area (Å²) < 4.78 is 35.2. The fourth-order valence-electron chi connectivity index (χ4n) is 6.11. The lowest BCUT2D eigenvalue weighted by atomic mass is 9.82. The summed E-state index contributed by atoms with van der Waals surface area (Å²) >= 11 is 0. The molecule has 0 fully saturated rings. The van der Waals surface area contributed by atoms with Crippen LogP contribution in [0.1, 0.15) is 67.1 Å². The van der Waals surface area contributed by atoms with Crippen LogP contribution in [0.4, 0.5) is 11.4 Å². The zero-order valence-electron chi connectivity index (χ0n) is 25.1. The van der Waals surface area contributed by atoms with E-state index >= 15 is 0 Å². The first-order valence-corrected chi connectivity index (χ1v) is 15.8. The molecule has 0 atom stereocenters. The van der Waals surface area contributed by atoms with Crippen LogP contribution in [0, 0.1) is 27.7 Å². The Bertz CT molecular complexity index is 1790. The second kappa shape index (κ2) is 12.1. The van der Waals surface area contributed by atoms with E-state index in [0.717, 1.165) is 35.1 Å². The van der Waals surface area contributed by atoms with Gasteiger partial charge in [-0.15, -0.1) is 0 Å². The maximum atomic E-state index is 12.5. The van der Waals surface area contributed by atoms with Gasteiger partial charge in [0.05, 0.1) is 4.90 Å². The van der Waals surface area contributed by atoms with E-state index in [-0.39, 0.29) is 4.90 Å². The molecular weight excluding hydrogens is 552 g/mol. The highest BCUT2D eigenvalue weighted by Gasteiger charge is 2.28. The first-order chi connectivity index (χ1) is 20.4. The predicted molar refractivity (Wildman–Crippen MR) is 176 cm³/mol. The van der Waals surface area contributed by atoms with Gasteiger partial charge in [0.15, 0.2) is 0 Å². The third-order valence-corrected chi connectivity index (χ3v) is 9.41. The Kier molecular flexibility index (Phi) is 8.45. The minimum absolute atomic E-state index is 0.168. The van der Waals surface area contributed by atoms with Crippen molar-refractivity contribution in [3.05, 3.63) is 158 Å². The zero-order chi connectivity index (χ0) is 30.9. The summed E-state index contributed by atoms with van der Waals surface area (Å²) in [6.45, 7) is 8.43. The third-order valence-electron chi connectivity index (χ3n) is 8.48. The molecule has 0 unspecified atom stereocenters. The van der Waals surface area contributed by atoms with Gasteiger partial charge in [-0.2, -0.15) is 8.42 Å². The van der Waals surface area contributed by atoms with Crippen LogP contribution in [-0.4, -0.2) is 13.0 Å². The maximum Gasteiger partial charge on any atom is 0.294 e. The Morgan fingerprint density at radius 3 is 1.40 bits per heavy atom. The van der Waals surface area contributed by atoms with Crippen LogP contribution in [0.25, 0.3) is 0 Å². The van der Waals surface area contributed by atoms with Crippen molar-refractivity contribution in [1.82, 2.24) is 0 Å². The molecule has 5 aromatic carbocycles. The van der Waals surface area contributed by atoms with E-state index in [9.17, 15) is 13.0 Å². The van der Waals surface area contributed by atoms with Crippen LogP contribution in [0.15, 0.2) is 102 Å². The number of hydrogen-bond acceptors (Lipinski definition) is 4. The number of nitrogens with two attached hydrogens (primary N) is 2. The van der Waals surface area contributed by atoms with Crippen molar-refractivity contribution in [3.63, 3.8) is 0 Å². The topological polar surface area (TPSA) is 106 Å². The molecule has 5 aromatic rings. The quantitative estimate of drug-likeness (QED) is 0.0976. The summed E-state index contributed by atoms with van der Waals surface area (Å²) in [5, 5.41) is 0. The van der Waals surface area contributed by atoms with Crippen molar-refractivity contribution in [2.45, 2.75) is 51.3 Å². The number of rotatable bonds is 8. The molecule has 6 heteroatoms. The van der Waals surface area contributed by atoms with Crippen molar-refractivity contribution in [2.24, 2.45) is 0 Å². The predicted octanol–water partition coefficient (Wildman–Crippen LogP) is 7.69. The lowest BCUT2D eigenvalue weighted by Crippen LogP contribution is -2.14. The molecule has 5 rings (SSSR count). The van der Waals surface area contributed by atoms with Crippen LogP contribution in [0.5, 0.6) is 0 Å². The summed E-state index contributed by atoms with van der Waals surface area (Å²) in [7, 11) is -4.52. The molecular formula is C37H38N2O3S. The molecule has 0 spiro atoms. The van der Waals surface area contributed by atoms with Crippen LogP contribution >= 0.6 is 0 Å². The molecule has 5 N–H and O–H groups in total. The Labute approximate surface area is 255 Å². The summed E-state index contributed by atoms with van der Waals surface area (Å²) in [6, 6.07) is 30.9. The van der Waals surface area contributed by atoms with Crippen molar-refractivity contribution >= 4 is 21.5 Å². The lowest BCUT2D eigenvalue weighted by Gasteiger charge is -2.25. The average molecular weight is 591 g/mol. The van der Waals surface area contributed by atoms with E-state index in [2.05, 4.69) is 64.1 Å². The zero-order valence-corrected chi connectivity index (χ0v) is 25.9. The van der Waals surface area contributed by atoms with Gasteiger partial charge in [-0.25, -0.2) is 0 Å². The Hall–Kier alpha value is -4.39. The summed E-state index contributed by atoms with van der Waals surface area (Å²) in [5.41, 5.74) is 25.9. The first kappa shape index (κ1) is 30.1. The summed E-state index contributed by atoms with van der Waals surface area (Å²) in [5.74, 6) is -0.623. The molecule has 0 aliphatic rings. The normalized spacial score (nSPS) is 11.7. The van der Waals surface area contributed by atoms with Crippen LogP contribution < -0.4 is 11.5 Å². The molecule has 0 saturated carbocycles. The number of hydrogen-bond donors (Lipinski definition) is 3. The van der Waals surface area contributed by atoms with Gasteiger partial charge >= 0.3 is 0 Å². The van der Waals surface area contributed by atoms with E-state index < -0.39 is 16.0 Å². The van der Waals surface area contributed by atoms with E-state index in [4.69, 9.17) is 11.5 Å². The van der Waals surface area contributed by atoms with Gasteiger partial charge in [0.1, 0.15) is 0 Å². The van der Waals surface area contributed by atoms with E-state index in [1.54, 1.807) is 18.2 Å². The second-order valence-electron chi connectivity index (χ2n) is 11.5. The molecule has 0 heterocycles. The number of benzene rings is 5. The Morgan fingerprint density at radius 1 is 0.581 bits per heavy atom. The van der Waals surface area contributed by atoms with Gasteiger partial charge in [0.25, 0.3) is 10.1 Å². The third kappa shape index (κ3) is 6.36. The maximum absolute atomic E-state index is 12.5. The number of anilines is 2. The van der Waals surface area contributed by atoms with Gasteiger partial charge in [0.2, 0.25) is 0 Å². The van der Waals surface area contributed by atoms with E-state index in [1.165, 1.54) is 39.4 Å². The number of aryl methyl sites for hydroxylation is 4. The Balaban J connectivity index is 1.62. The summed E-state index contributed by atoms with van der Waals surface area (Å²) in [4.78, 5) is -0.168. The van der Waals surface area contributed by atoms with Gasteiger partial charge in [-0.3, -0.25) is 4.55 Å². The van der Waals surface area contributed by atoms with E-state index in [1.807, 2.05) is 36.4 Å². The summed E-state index contributed by atoms with van der Waals surface area (Å²) in [6.07, 6.45) is 1.45. The largest absolute Gasteiger partial charge is 0.398 e. The van der Waals surface area contributed by atoms with Gasteiger partial charge in [0, 0.05) is 17.3 Å². The van der Waals surface area contributed by atoms with Crippen molar-refractivity contribution < 1.29 is 13.0 Å². The van der Waals surface area contributed by atoms with Gasteiger partial charge in [-0.05, 0) is 120 Å². The average Bonchev–Trinajstić information content (AvgIpc) is 2.95. The second-order valence-corrected chi connectivity index (χ2v) is 12.9. The van der Waals surface area contributed by atoms with Crippen LogP contribution in [0.2, 0.25) is 0 Å². The minimum Gasteiger partial charge on any atom is -0.398 e. The molecule has 0 bridgehead atoms. The lowest BCUT2D eigenvalue weighted by molar-refractivity contribution is 0.482. The van der Waals surface area contributed by atoms with Crippen LogP contribution in [-0.2, 0) is 23.0 Å². The minimum atomic E-state index is -4.52. The van der Waals surface area contributed by atoms with Crippen LogP contribution in [0.3, 0.4) is 0 Å². The Morgan fingerprint density at radius 2 is 1.00 bits per heavy atom. The fraction of sp³-hybridized carbons (Fsp3) is 0.189. The highest BCUT2D eigenvalue weighted by Crippen LogP contribution is 2.41. The molecule has 43 heavy (non-hydrogen) atoms. The SMILES string of the molecule is Cc1cccc(C)c1Cc1ccc(C(c2ccc(Cc3c(C)cccc3C)cc2N)c2ccccc2S(=O)(=O)O)c(N)c1. The molecule has 0 aliphatic carbocycles. The molecule has 0 amide bonds. The molecule has 0 aliphatic heterocycles. The van der Waals surface area contributed by atoms with Crippen molar-refractivity contribution in [1.29, 1.82) is 0 Å². The molecule has 0 saturated heterocycles. The molecule has 0 aromatic heterocycles. The smallest absolute Gasteiger partial charge is 0.294 e. The van der Waals surface area contributed by atoms with Gasteiger partial charge in [-0.1, -0.05) is 78.9 Å². The standard InChI is InChI=1S/C37H38N2O3S/c1-23-9-7-10-24(2)32(23)19-27-15-17-29(34(38)21-27)37(31-13-5-6-14-36(31)43(40,41)42)30-18-16-28(22-35(30)39)20-33-25(3)11-8-12-26(33)4/h5-18,21-22,37H,19-20,38-39H2,1-4H3,(H,40,41,42). The highest BCUT2D eigenvalue weighted by atomic mass is 32.2. The molecule has 5 nitrogen and oxygen atoms in total.